The highest BCUT2D eigenvalue weighted by Crippen LogP contribution is 2.30. The molecule has 0 radical (unpaired) electrons. The average molecular weight is 297 g/mol. The van der Waals surface area contributed by atoms with E-state index in [1.807, 2.05) is 53.0 Å². The zero-order valence-electron chi connectivity index (χ0n) is 11.5. The number of carbonyl (C=O) groups is 1. The highest BCUT2D eigenvalue weighted by molar-refractivity contribution is 7.12. The second kappa shape index (κ2) is 5.00. The molecule has 106 valence electrons. The van der Waals surface area contributed by atoms with E-state index < -0.39 is 0 Å². The summed E-state index contributed by atoms with van der Waals surface area (Å²) in [7, 11) is 0. The summed E-state index contributed by atoms with van der Waals surface area (Å²) in [5.41, 5.74) is 1.98. The van der Waals surface area contributed by atoms with Gasteiger partial charge in [-0.15, -0.1) is 11.3 Å². The lowest BCUT2D eigenvalue weighted by atomic mass is 10.3. The first-order chi connectivity index (χ1) is 10.3. The van der Waals surface area contributed by atoms with Crippen LogP contribution in [0.3, 0.4) is 0 Å². The van der Waals surface area contributed by atoms with Crippen LogP contribution in [0.4, 0.5) is 0 Å². The Morgan fingerprint density at radius 2 is 2.24 bits per heavy atom. The molecule has 0 atom stereocenters. The Bertz CT molecular complexity index is 774. The smallest absolute Gasteiger partial charge is 0.264 e. The van der Waals surface area contributed by atoms with Crippen LogP contribution in [0.2, 0.25) is 0 Å². The SMILES string of the molecule is O=C(c1cccs1)N(Cc1cnc2ccccn12)C1CC1. The molecule has 0 bridgehead atoms. The van der Waals surface area contributed by atoms with Crippen LogP contribution in [0.5, 0.6) is 0 Å². The van der Waals surface area contributed by atoms with Crippen molar-refractivity contribution < 1.29 is 4.79 Å². The van der Waals surface area contributed by atoms with Gasteiger partial charge in [0.05, 0.1) is 23.3 Å². The molecule has 1 fully saturated rings. The lowest BCUT2D eigenvalue weighted by Gasteiger charge is -2.21. The van der Waals surface area contributed by atoms with Crippen LogP contribution in [0.15, 0.2) is 48.1 Å². The summed E-state index contributed by atoms with van der Waals surface area (Å²) < 4.78 is 2.05. The van der Waals surface area contributed by atoms with Crippen molar-refractivity contribution in [2.75, 3.05) is 0 Å². The van der Waals surface area contributed by atoms with Crippen molar-refractivity contribution in [2.45, 2.75) is 25.4 Å². The number of carbonyl (C=O) groups excluding carboxylic acids is 1. The van der Waals surface area contributed by atoms with E-state index in [9.17, 15) is 4.79 Å². The molecule has 1 aliphatic carbocycles. The van der Waals surface area contributed by atoms with Crippen LogP contribution in [0.25, 0.3) is 5.65 Å². The van der Waals surface area contributed by atoms with Gasteiger partial charge in [-0.3, -0.25) is 4.79 Å². The fourth-order valence-corrected chi connectivity index (χ4v) is 3.25. The largest absolute Gasteiger partial charge is 0.329 e. The molecule has 1 saturated carbocycles. The Labute approximate surface area is 126 Å². The predicted molar refractivity (Wildman–Crippen MR) is 82.4 cm³/mol. The van der Waals surface area contributed by atoms with Crippen molar-refractivity contribution in [1.29, 1.82) is 0 Å². The molecule has 4 nitrogen and oxygen atoms in total. The van der Waals surface area contributed by atoms with Crippen LogP contribution in [-0.4, -0.2) is 26.2 Å². The maximum Gasteiger partial charge on any atom is 0.264 e. The third kappa shape index (κ3) is 2.34. The first-order valence-corrected chi connectivity index (χ1v) is 7.96. The number of aromatic nitrogens is 2. The molecule has 4 rings (SSSR count). The van der Waals surface area contributed by atoms with Crippen molar-refractivity contribution in [1.82, 2.24) is 14.3 Å². The van der Waals surface area contributed by atoms with Gasteiger partial charge in [-0.2, -0.15) is 0 Å². The van der Waals surface area contributed by atoms with Crippen molar-refractivity contribution in [3.8, 4) is 0 Å². The second-order valence-electron chi connectivity index (χ2n) is 5.32. The number of nitrogens with zero attached hydrogens (tertiary/aromatic N) is 3. The highest BCUT2D eigenvalue weighted by Gasteiger charge is 2.33. The number of hydrogen-bond donors (Lipinski definition) is 0. The normalized spacial score (nSPS) is 14.5. The molecule has 3 heterocycles. The summed E-state index contributed by atoms with van der Waals surface area (Å²) in [6, 6.07) is 10.1. The van der Waals surface area contributed by atoms with Gasteiger partial charge in [0, 0.05) is 12.2 Å². The number of hydrogen-bond acceptors (Lipinski definition) is 3. The summed E-state index contributed by atoms with van der Waals surface area (Å²) in [5.74, 6) is 0.137. The molecule has 1 amide bonds. The van der Waals surface area contributed by atoms with E-state index in [0.717, 1.165) is 29.1 Å². The summed E-state index contributed by atoms with van der Waals surface area (Å²) in [4.78, 5) is 19.9. The number of rotatable bonds is 4. The van der Waals surface area contributed by atoms with E-state index in [1.165, 1.54) is 11.3 Å². The molecule has 0 N–H and O–H groups in total. The van der Waals surface area contributed by atoms with Gasteiger partial charge in [0.15, 0.2) is 0 Å². The minimum Gasteiger partial charge on any atom is -0.329 e. The predicted octanol–water partition coefficient (Wildman–Crippen LogP) is 3.20. The summed E-state index contributed by atoms with van der Waals surface area (Å²) >= 11 is 1.51. The van der Waals surface area contributed by atoms with Gasteiger partial charge < -0.3 is 9.30 Å². The van der Waals surface area contributed by atoms with Crippen LogP contribution in [0.1, 0.15) is 28.2 Å². The Morgan fingerprint density at radius 3 is 3.00 bits per heavy atom. The molecule has 3 aromatic heterocycles. The topological polar surface area (TPSA) is 37.6 Å². The summed E-state index contributed by atoms with van der Waals surface area (Å²) in [5, 5.41) is 1.95. The lowest BCUT2D eigenvalue weighted by molar-refractivity contribution is 0.0732. The molecule has 1 aliphatic rings. The zero-order valence-corrected chi connectivity index (χ0v) is 12.3. The van der Waals surface area contributed by atoms with Gasteiger partial charge in [0.25, 0.3) is 5.91 Å². The van der Waals surface area contributed by atoms with Crippen LogP contribution in [-0.2, 0) is 6.54 Å². The molecule has 0 aliphatic heterocycles. The first-order valence-electron chi connectivity index (χ1n) is 7.08. The van der Waals surface area contributed by atoms with Crippen LogP contribution < -0.4 is 0 Å². The van der Waals surface area contributed by atoms with Gasteiger partial charge in [-0.1, -0.05) is 12.1 Å². The molecule has 3 aromatic rings. The molecule has 0 spiro atoms. The van der Waals surface area contributed by atoms with Crippen LogP contribution >= 0.6 is 11.3 Å². The highest BCUT2D eigenvalue weighted by atomic mass is 32.1. The Balaban J connectivity index is 1.65. The number of imidazole rings is 1. The zero-order chi connectivity index (χ0) is 14.2. The standard InChI is InChI=1S/C16H15N3OS/c20-16(14-4-3-9-21-14)19(12-6-7-12)11-13-10-17-15-5-1-2-8-18(13)15/h1-5,8-10,12H,6-7,11H2. The maximum atomic E-state index is 12.7. The quantitative estimate of drug-likeness (QED) is 0.741. The Morgan fingerprint density at radius 1 is 1.33 bits per heavy atom. The minimum atomic E-state index is 0.137. The third-order valence-electron chi connectivity index (χ3n) is 3.81. The lowest BCUT2D eigenvalue weighted by Crippen LogP contribution is -2.32. The maximum absolute atomic E-state index is 12.7. The van der Waals surface area contributed by atoms with Crippen LogP contribution in [0, 0.1) is 0 Å². The molecular weight excluding hydrogens is 282 g/mol. The number of thiophene rings is 1. The molecule has 0 unspecified atom stereocenters. The summed E-state index contributed by atoms with van der Waals surface area (Å²) in [6.45, 7) is 0.618. The van der Waals surface area contributed by atoms with Gasteiger partial charge in [0.1, 0.15) is 5.65 Å². The molecule has 0 aromatic carbocycles. The van der Waals surface area contributed by atoms with E-state index >= 15 is 0 Å². The average Bonchev–Trinajstić information content (AvgIpc) is 3.05. The molecule has 0 saturated heterocycles. The molecule has 21 heavy (non-hydrogen) atoms. The first kappa shape index (κ1) is 12.6. The van der Waals surface area contributed by atoms with E-state index in [1.54, 1.807) is 0 Å². The Kier molecular flexibility index (Phi) is 3.00. The van der Waals surface area contributed by atoms with Crippen molar-refractivity contribution in [3.05, 3.63) is 58.7 Å². The van der Waals surface area contributed by atoms with E-state index in [-0.39, 0.29) is 5.91 Å². The third-order valence-corrected chi connectivity index (χ3v) is 4.66. The minimum absolute atomic E-state index is 0.137. The second-order valence-corrected chi connectivity index (χ2v) is 6.27. The van der Waals surface area contributed by atoms with Crippen molar-refractivity contribution >= 4 is 22.9 Å². The fraction of sp³-hybridized carbons (Fsp3) is 0.250. The van der Waals surface area contributed by atoms with Gasteiger partial charge in [0.2, 0.25) is 0 Å². The van der Waals surface area contributed by atoms with E-state index in [2.05, 4.69) is 9.38 Å². The van der Waals surface area contributed by atoms with Gasteiger partial charge >= 0.3 is 0 Å². The number of amides is 1. The monoisotopic (exact) mass is 297 g/mol. The van der Waals surface area contributed by atoms with E-state index in [0.29, 0.717) is 12.6 Å². The van der Waals surface area contributed by atoms with Crippen molar-refractivity contribution in [2.24, 2.45) is 0 Å². The molecule has 5 heteroatoms. The molecular formula is C16H15N3OS. The van der Waals surface area contributed by atoms with Crippen molar-refractivity contribution in [3.63, 3.8) is 0 Å². The Hall–Kier alpha value is -2.14. The summed E-state index contributed by atoms with van der Waals surface area (Å²) in [6.07, 6.45) is 6.08. The number of pyridine rings is 1. The van der Waals surface area contributed by atoms with Gasteiger partial charge in [-0.25, -0.2) is 4.98 Å². The van der Waals surface area contributed by atoms with Gasteiger partial charge in [-0.05, 0) is 36.4 Å². The fourth-order valence-electron chi connectivity index (χ4n) is 2.57. The number of fused-ring (bicyclic) bond motifs is 1. The van der Waals surface area contributed by atoms with E-state index in [4.69, 9.17) is 0 Å².